The van der Waals surface area contributed by atoms with Crippen LogP contribution in [-0.4, -0.2) is 29.0 Å². The summed E-state index contributed by atoms with van der Waals surface area (Å²) in [6.07, 6.45) is -0.00637. The summed E-state index contributed by atoms with van der Waals surface area (Å²) in [5, 5.41) is 3.44. The minimum atomic E-state index is -4.46. The number of nitrogens with one attached hydrogen (secondary N) is 1. The van der Waals surface area contributed by atoms with Gasteiger partial charge in [-0.2, -0.15) is 13.2 Å². The fourth-order valence-electron chi connectivity index (χ4n) is 3.93. The number of halogens is 3. The Hall–Kier alpha value is -3.16. The predicted molar refractivity (Wildman–Crippen MR) is 113 cm³/mol. The van der Waals surface area contributed by atoms with Gasteiger partial charge >= 0.3 is 6.18 Å². The number of nitrogens with zero attached hydrogens (tertiary/aromatic N) is 3. The van der Waals surface area contributed by atoms with Crippen LogP contribution in [0.3, 0.4) is 0 Å². The number of fused-ring (bicyclic) bond motifs is 1. The number of rotatable bonds is 4. The normalized spacial score (nSPS) is 14.6. The van der Waals surface area contributed by atoms with Crippen LogP contribution in [0.25, 0.3) is 11.0 Å². The van der Waals surface area contributed by atoms with E-state index in [-0.39, 0.29) is 18.1 Å². The van der Waals surface area contributed by atoms with Crippen LogP contribution >= 0.6 is 0 Å². The number of anilines is 1. The molecule has 3 heterocycles. The van der Waals surface area contributed by atoms with E-state index in [9.17, 15) is 18.0 Å². The minimum Gasteiger partial charge on any atom is -0.371 e. The summed E-state index contributed by atoms with van der Waals surface area (Å²) in [7, 11) is 0. The number of alkyl halides is 3. The van der Waals surface area contributed by atoms with E-state index in [1.54, 1.807) is 42.3 Å². The van der Waals surface area contributed by atoms with E-state index in [1.165, 1.54) is 6.07 Å². The van der Waals surface area contributed by atoms with Crippen molar-refractivity contribution in [3.05, 3.63) is 65.0 Å². The van der Waals surface area contributed by atoms with Crippen LogP contribution in [0, 0.1) is 6.92 Å². The van der Waals surface area contributed by atoms with Crippen molar-refractivity contribution in [3.63, 3.8) is 0 Å². The van der Waals surface area contributed by atoms with Gasteiger partial charge in [0.2, 0.25) is 0 Å². The summed E-state index contributed by atoms with van der Waals surface area (Å²) in [6, 6.07) is 9.56. The second kappa shape index (κ2) is 8.53. The highest BCUT2D eigenvalue weighted by Gasteiger charge is 2.35. The molecule has 31 heavy (non-hydrogen) atoms. The summed E-state index contributed by atoms with van der Waals surface area (Å²) in [5.41, 5.74) is 1.39. The van der Waals surface area contributed by atoms with Gasteiger partial charge in [0.05, 0.1) is 16.8 Å². The maximum Gasteiger partial charge on any atom is 0.418 e. The number of hydrogen-bond donors (Lipinski definition) is 1. The average molecular weight is 428 g/mol. The molecule has 0 aliphatic carbocycles. The molecule has 4 rings (SSSR count). The molecular weight excluding hydrogens is 405 g/mol. The number of carbonyl (C=O) groups excluding carboxylic acids is 1. The molecule has 1 N–H and O–H groups in total. The number of hydrogen-bond acceptors (Lipinski definition) is 4. The number of pyridine rings is 2. The monoisotopic (exact) mass is 428 g/mol. The molecule has 0 radical (unpaired) electrons. The minimum absolute atomic E-state index is 0.00723. The van der Waals surface area contributed by atoms with Gasteiger partial charge in [0.15, 0.2) is 5.65 Å². The van der Waals surface area contributed by atoms with Crippen molar-refractivity contribution in [1.29, 1.82) is 0 Å². The molecule has 162 valence electrons. The molecule has 1 aromatic carbocycles. The van der Waals surface area contributed by atoms with Gasteiger partial charge in [-0.05, 0) is 62.1 Å². The van der Waals surface area contributed by atoms with Gasteiger partial charge in [-0.25, -0.2) is 9.97 Å². The fraction of sp³-hybridized carbons (Fsp3) is 0.348. The second-order valence-electron chi connectivity index (χ2n) is 7.75. The summed E-state index contributed by atoms with van der Waals surface area (Å²) < 4.78 is 41.2. The number of amides is 1. The molecule has 1 fully saturated rings. The Morgan fingerprint density at radius 1 is 1.13 bits per heavy atom. The molecule has 0 unspecified atom stereocenters. The molecule has 0 atom stereocenters. The lowest BCUT2D eigenvalue weighted by Gasteiger charge is -2.31. The number of piperidine rings is 1. The largest absolute Gasteiger partial charge is 0.418 e. The highest BCUT2D eigenvalue weighted by atomic mass is 19.4. The molecule has 0 spiro atoms. The van der Waals surface area contributed by atoms with E-state index >= 15 is 0 Å². The van der Waals surface area contributed by atoms with Gasteiger partial charge < -0.3 is 10.2 Å². The van der Waals surface area contributed by atoms with Gasteiger partial charge in [-0.1, -0.05) is 6.07 Å². The Bertz CT molecular complexity index is 1110. The molecule has 3 aromatic rings. The van der Waals surface area contributed by atoms with E-state index in [4.69, 9.17) is 0 Å². The SMILES string of the molecule is Cc1nc2ncccc2cc1C(=O)NCc1ccc(N2CCCCC2)c(C(F)(F)F)c1. The highest BCUT2D eigenvalue weighted by molar-refractivity contribution is 5.98. The van der Waals surface area contributed by atoms with Gasteiger partial charge in [-0.15, -0.1) is 0 Å². The fourth-order valence-corrected chi connectivity index (χ4v) is 3.93. The molecule has 8 heteroatoms. The van der Waals surface area contributed by atoms with Gasteiger partial charge in [0, 0.05) is 36.9 Å². The zero-order valence-corrected chi connectivity index (χ0v) is 17.2. The average Bonchev–Trinajstić information content (AvgIpc) is 2.77. The standard InChI is InChI=1S/C23H23F3N4O/c1-15-18(13-17-6-5-9-27-21(17)29-15)22(31)28-14-16-7-8-20(19(12-16)23(24,25)26)30-10-3-2-4-11-30/h5-9,12-13H,2-4,10-11,14H2,1H3,(H,28,31). The third-order valence-electron chi connectivity index (χ3n) is 5.54. The lowest BCUT2D eigenvalue weighted by atomic mass is 10.0. The summed E-state index contributed by atoms with van der Waals surface area (Å²) in [4.78, 5) is 23.0. The Balaban J connectivity index is 1.54. The zero-order chi connectivity index (χ0) is 22.0. The van der Waals surface area contributed by atoms with E-state index in [1.807, 2.05) is 0 Å². The smallest absolute Gasteiger partial charge is 0.371 e. The van der Waals surface area contributed by atoms with Crippen LogP contribution in [-0.2, 0) is 12.7 Å². The van der Waals surface area contributed by atoms with Crippen LogP contribution in [0.1, 0.15) is 46.4 Å². The molecule has 1 saturated heterocycles. The van der Waals surface area contributed by atoms with Crippen molar-refractivity contribution >= 4 is 22.6 Å². The third-order valence-corrected chi connectivity index (χ3v) is 5.54. The lowest BCUT2D eigenvalue weighted by Crippen LogP contribution is -2.31. The van der Waals surface area contributed by atoms with Gasteiger partial charge in [-0.3, -0.25) is 4.79 Å². The topological polar surface area (TPSA) is 58.1 Å². The first-order valence-electron chi connectivity index (χ1n) is 10.3. The molecule has 1 aliphatic heterocycles. The highest BCUT2D eigenvalue weighted by Crippen LogP contribution is 2.38. The number of aryl methyl sites for hydroxylation is 1. The molecule has 0 bridgehead atoms. The van der Waals surface area contributed by atoms with Crippen molar-refractivity contribution in [2.45, 2.75) is 38.9 Å². The van der Waals surface area contributed by atoms with E-state index < -0.39 is 11.7 Å². The third kappa shape index (κ3) is 4.62. The maximum absolute atomic E-state index is 13.7. The van der Waals surface area contributed by atoms with E-state index in [0.29, 0.717) is 35.6 Å². The van der Waals surface area contributed by atoms with Crippen molar-refractivity contribution < 1.29 is 18.0 Å². The molecule has 1 aliphatic rings. The first-order chi connectivity index (χ1) is 14.8. The lowest BCUT2D eigenvalue weighted by molar-refractivity contribution is -0.137. The summed E-state index contributed by atoms with van der Waals surface area (Å²) in [5.74, 6) is -0.385. The van der Waals surface area contributed by atoms with Crippen LogP contribution in [0.2, 0.25) is 0 Å². The van der Waals surface area contributed by atoms with E-state index in [2.05, 4.69) is 15.3 Å². The zero-order valence-electron chi connectivity index (χ0n) is 17.2. The predicted octanol–water partition coefficient (Wildman–Crippen LogP) is 4.88. The maximum atomic E-state index is 13.7. The Labute approximate surface area is 178 Å². The van der Waals surface area contributed by atoms with Gasteiger partial charge in [0.1, 0.15) is 0 Å². The Morgan fingerprint density at radius 2 is 1.90 bits per heavy atom. The van der Waals surface area contributed by atoms with Crippen LogP contribution < -0.4 is 10.2 Å². The second-order valence-corrected chi connectivity index (χ2v) is 7.75. The van der Waals surface area contributed by atoms with Crippen LogP contribution in [0.4, 0.5) is 18.9 Å². The summed E-state index contributed by atoms with van der Waals surface area (Å²) >= 11 is 0. The Kier molecular flexibility index (Phi) is 5.80. The molecule has 2 aromatic heterocycles. The van der Waals surface area contributed by atoms with Crippen molar-refractivity contribution in [3.8, 4) is 0 Å². The van der Waals surface area contributed by atoms with Crippen LogP contribution in [0.5, 0.6) is 0 Å². The van der Waals surface area contributed by atoms with Crippen molar-refractivity contribution in [2.75, 3.05) is 18.0 Å². The molecular formula is C23H23F3N4O. The Morgan fingerprint density at radius 3 is 2.65 bits per heavy atom. The first kappa shape index (κ1) is 21.1. The van der Waals surface area contributed by atoms with Crippen molar-refractivity contribution in [1.82, 2.24) is 15.3 Å². The number of benzene rings is 1. The van der Waals surface area contributed by atoms with Gasteiger partial charge in [0.25, 0.3) is 5.91 Å². The summed E-state index contributed by atoms with van der Waals surface area (Å²) in [6.45, 7) is 2.95. The number of carbonyl (C=O) groups is 1. The molecule has 1 amide bonds. The van der Waals surface area contributed by atoms with Crippen LogP contribution in [0.15, 0.2) is 42.6 Å². The first-order valence-corrected chi connectivity index (χ1v) is 10.3. The molecule has 0 saturated carbocycles. The van der Waals surface area contributed by atoms with E-state index in [0.717, 1.165) is 30.7 Å². The molecule has 5 nitrogen and oxygen atoms in total. The van der Waals surface area contributed by atoms with Crippen molar-refractivity contribution in [2.24, 2.45) is 0 Å². The quantitative estimate of drug-likeness (QED) is 0.644. The number of aromatic nitrogens is 2.